The molecule has 1 heterocycles. The number of carbonyl (C=O) groups excluding carboxylic acids is 2. The number of amides is 2. The van der Waals surface area contributed by atoms with Gasteiger partial charge in [-0.3, -0.25) is 9.59 Å². The van der Waals surface area contributed by atoms with Crippen molar-refractivity contribution < 1.29 is 14.1 Å². The number of nitrogens with zero attached hydrogens (tertiary/aromatic N) is 2. The Morgan fingerprint density at radius 2 is 1.81 bits per heavy atom. The Balaban J connectivity index is 1.88. The van der Waals surface area contributed by atoms with Gasteiger partial charge in [0.15, 0.2) is 5.82 Å². The van der Waals surface area contributed by atoms with Gasteiger partial charge in [0.25, 0.3) is 5.91 Å². The molecule has 0 atom stereocenters. The molecule has 0 saturated heterocycles. The van der Waals surface area contributed by atoms with E-state index in [0.29, 0.717) is 17.1 Å². The zero-order valence-electron chi connectivity index (χ0n) is 15.9. The van der Waals surface area contributed by atoms with Crippen LogP contribution >= 0.6 is 0 Å². The third kappa shape index (κ3) is 4.16. The van der Waals surface area contributed by atoms with Crippen LogP contribution in [0.3, 0.4) is 0 Å². The van der Waals surface area contributed by atoms with Crippen LogP contribution in [0.15, 0.2) is 53.1 Å². The molecule has 2 amide bonds. The third-order valence-electron chi connectivity index (χ3n) is 4.27. The predicted molar refractivity (Wildman–Crippen MR) is 105 cm³/mol. The van der Waals surface area contributed by atoms with Gasteiger partial charge >= 0.3 is 0 Å². The fourth-order valence-electron chi connectivity index (χ4n) is 2.92. The minimum atomic E-state index is -0.537. The van der Waals surface area contributed by atoms with Gasteiger partial charge in [0.2, 0.25) is 5.91 Å². The quantitative estimate of drug-likeness (QED) is 0.758. The first-order valence-corrected chi connectivity index (χ1v) is 8.78. The molecule has 1 aromatic heterocycles. The second-order valence-electron chi connectivity index (χ2n) is 7.46. The van der Waals surface area contributed by atoms with Crippen molar-refractivity contribution in [1.82, 2.24) is 10.1 Å². The summed E-state index contributed by atoms with van der Waals surface area (Å²) in [4.78, 5) is 27.4. The molecule has 0 aliphatic rings. The van der Waals surface area contributed by atoms with Crippen molar-refractivity contribution in [2.24, 2.45) is 0 Å². The minimum absolute atomic E-state index is 0.0859. The van der Waals surface area contributed by atoms with E-state index in [0.717, 1.165) is 10.8 Å². The highest BCUT2D eigenvalue weighted by atomic mass is 16.5. The Bertz CT molecular complexity index is 980. The summed E-state index contributed by atoms with van der Waals surface area (Å²) in [5, 5.41) is 8.28. The number of anilines is 1. The van der Waals surface area contributed by atoms with Crippen LogP contribution in [0.5, 0.6) is 0 Å². The summed E-state index contributed by atoms with van der Waals surface area (Å²) in [6, 6.07) is 15.0. The maximum atomic E-state index is 13.3. The number of carbonyl (C=O) groups is 2. The summed E-state index contributed by atoms with van der Waals surface area (Å²) < 4.78 is 4.96. The van der Waals surface area contributed by atoms with Gasteiger partial charge in [0, 0.05) is 17.2 Å². The lowest BCUT2D eigenvalue weighted by Crippen LogP contribution is -2.49. The Labute approximate surface area is 158 Å². The lowest BCUT2D eigenvalue weighted by atomic mass is 10.00. The highest BCUT2D eigenvalue weighted by Crippen LogP contribution is 2.23. The van der Waals surface area contributed by atoms with Crippen LogP contribution in [0, 0.1) is 6.92 Å². The molecule has 0 radical (unpaired) electrons. The fourth-order valence-corrected chi connectivity index (χ4v) is 2.92. The zero-order chi connectivity index (χ0) is 19.6. The second kappa shape index (κ2) is 7.23. The number of hydrogen-bond acceptors (Lipinski definition) is 4. The van der Waals surface area contributed by atoms with Gasteiger partial charge in [-0.05, 0) is 44.5 Å². The third-order valence-corrected chi connectivity index (χ3v) is 4.27. The van der Waals surface area contributed by atoms with E-state index < -0.39 is 5.54 Å². The summed E-state index contributed by atoms with van der Waals surface area (Å²) >= 11 is 0. The highest BCUT2D eigenvalue weighted by Gasteiger charge is 2.30. The van der Waals surface area contributed by atoms with E-state index in [2.05, 4.69) is 10.5 Å². The number of hydrogen-bond donors (Lipinski definition) is 1. The standard InChI is InChI=1S/C21H23N3O3/c1-14-12-18(23-27-14)22-19(25)13-24(21(2,3)4)20(26)17-11-7-9-15-8-5-6-10-16(15)17/h5-12H,13H2,1-4H3,(H,22,23,25). The molecule has 6 heteroatoms. The molecule has 2 aromatic carbocycles. The molecule has 3 rings (SSSR count). The Morgan fingerprint density at radius 1 is 1.11 bits per heavy atom. The molecular formula is C21H23N3O3. The summed E-state index contributed by atoms with van der Waals surface area (Å²) in [6.45, 7) is 7.38. The van der Waals surface area contributed by atoms with Gasteiger partial charge in [-0.25, -0.2) is 0 Å². The molecule has 0 aliphatic heterocycles. The summed E-state index contributed by atoms with van der Waals surface area (Å²) in [7, 11) is 0. The smallest absolute Gasteiger partial charge is 0.255 e. The second-order valence-corrected chi connectivity index (χ2v) is 7.46. The van der Waals surface area contributed by atoms with Crippen molar-refractivity contribution in [1.29, 1.82) is 0 Å². The molecule has 6 nitrogen and oxygen atoms in total. The van der Waals surface area contributed by atoms with E-state index >= 15 is 0 Å². The fraction of sp³-hybridized carbons (Fsp3) is 0.286. The van der Waals surface area contributed by atoms with Gasteiger partial charge in [-0.15, -0.1) is 0 Å². The van der Waals surface area contributed by atoms with Crippen LogP contribution in [0.25, 0.3) is 10.8 Å². The average Bonchev–Trinajstić information content (AvgIpc) is 3.02. The minimum Gasteiger partial charge on any atom is -0.360 e. The van der Waals surface area contributed by atoms with Gasteiger partial charge in [0.1, 0.15) is 12.3 Å². The topological polar surface area (TPSA) is 75.4 Å². The molecule has 1 N–H and O–H groups in total. The normalized spacial score (nSPS) is 11.4. The van der Waals surface area contributed by atoms with E-state index in [1.54, 1.807) is 24.0 Å². The average molecular weight is 365 g/mol. The SMILES string of the molecule is Cc1cc(NC(=O)CN(C(=O)c2cccc3ccccc23)C(C)(C)C)no1. The largest absolute Gasteiger partial charge is 0.360 e. The van der Waals surface area contributed by atoms with Crippen molar-refractivity contribution >= 4 is 28.4 Å². The van der Waals surface area contributed by atoms with Crippen LogP contribution in [-0.2, 0) is 4.79 Å². The van der Waals surface area contributed by atoms with Crippen molar-refractivity contribution in [3.8, 4) is 0 Å². The van der Waals surface area contributed by atoms with Gasteiger partial charge < -0.3 is 14.7 Å². The van der Waals surface area contributed by atoms with Gasteiger partial charge in [-0.2, -0.15) is 0 Å². The molecule has 0 unspecified atom stereocenters. The number of nitrogens with one attached hydrogen (secondary N) is 1. The van der Waals surface area contributed by atoms with Crippen LogP contribution < -0.4 is 5.32 Å². The van der Waals surface area contributed by atoms with E-state index in [9.17, 15) is 9.59 Å². The van der Waals surface area contributed by atoms with Gasteiger partial charge in [-0.1, -0.05) is 41.6 Å². The molecule has 3 aromatic rings. The van der Waals surface area contributed by atoms with Crippen molar-refractivity contribution in [2.45, 2.75) is 33.2 Å². The lowest BCUT2D eigenvalue weighted by molar-refractivity contribution is -0.117. The molecule has 0 spiro atoms. The first-order valence-electron chi connectivity index (χ1n) is 8.78. The zero-order valence-corrected chi connectivity index (χ0v) is 15.9. The van der Waals surface area contributed by atoms with Crippen LogP contribution in [0.2, 0.25) is 0 Å². The van der Waals surface area contributed by atoms with Crippen LogP contribution in [-0.4, -0.2) is 34.0 Å². The maximum absolute atomic E-state index is 13.3. The maximum Gasteiger partial charge on any atom is 0.255 e. The van der Waals surface area contributed by atoms with Crippen molar-refractivity contribution in [2.75, 3.05) is 11.9 Å². The highest BCUT2D eigenvalue weighted by molar-refractivity contribution is 6.08. The van der Waals surface area contributed by atoms with Crippen molar-refractivity contribution in [3.05, 3.63) is 59.9 Å². The van der Waals surface area contributed by atoms with E-state index in [1.807, 2.05) is 57.2 Å². The summed E-state index contributed by atoms with van der Waals surface area (Å²) in [5.41, 5.74) is 0.0404. The molecule has 140 valence electrons. The Morgan fingerprint density at radius 3 is 2.48 bits per heavy atom. The van der Waals surface area contributed by atoms with E-state index in [-0.39, 0.29) is 18.4 Å². The number of benzene rings is 2. The molecular weight excluding hydrogens is 342 g/mol. The van der Waals surface area contributed by atoms with E-state index in [4.69, 9.17) is 4.52 Å². The Hall–Kier alpha value is -3.15. The Kier molecular flexibility index (Phi) is 4.99. The number of aromatic nitrogens is 1. The van der Waals surface area contributed by atoms with E-state index in [1.165, 1.54) is 0 Å². The first kappa shape index (κ1) is 18.6. The lowest BCUT2D eigenvalue weighted by Gasteiger charge is -2.35. The number of fused-ring (bicyclic) bond motifs is 1. The number of rotatable bonds is 4. The summed E-state index contributed by atoms with van der Waals surface area (Å²) in [5.74, 6) is 0.423. The monoisotopic (exact) mass is 365 g/mol. The van der Waals surface area contributed by atoms with Crippen LogP contribution in [0.4, 0.5) is 5.82 Å². The number of aryl methyl sites for hydroxylation is 1. The van der Waals surface area contributed by atoms with Gasteiger partial charge in [0.05, 0.1) is 0 Å². The molecule has 27 heavy (non-hydrogen) atoms. The van der Waals surface area contributed by atoms with Crippen molar-refractivity contribution in [3.63, 3.8) is 0 Å². The molecule has 0 fully saturated rings. The molecule has 0 bridgehead atoms. The van der Waals surface area contributed by atoms with Crippen LogP contribution in [0.1, 0.15) is 36.9 Å². The first-order chi connectivity index (χ1) is 12.8. The predicted octanol–water partition coefficient (Wildman–Crippen LogP) is 4.02. The summed E-state index contributed by atoms with van der Waals surface area (Å²) in [6.07, 6.45) is 0. The molecule has 0 aliphatic carbocycles. The molecule has 0 saturated carbocycles.